The molecule has 0 aliphatic heterocycles. The number of carbonyl (C=O) groups excluding carboxylic acids is 1. The van der Waals surface area contributed by atoms with Gasteiger partial charge in [0, 0.05) is 29.4 Å². The van der Waals surface area contributed by atoms with Gasteiger partial charge in [0.1, 0.15) is 5.75 Å². The number of ether oxygens (including phenoxy) is 1. The number of hydrogen-bond donors (Lipinski definition) is 2. The summed E-state index contributed by atoms with van der Waals surface area (Å²) in [6.45, 7) is 0.334. The monoisotopic (exact) mass is 407 g/mol. The maximum Gasteiger partial charge on any atom is 0.340 e. The molecule has 0 saturated heterocycles. The van der Waals surface area contributed by atoms with E-state index in [0.717, 1.165) is 0 Å². The number of nitrogens with zero attached hydrogens (tertiary/aromatic N) is 3. The van der Waals surface area contributed by atoms with Crippen molar-refractivity contribution in [3.63, 3.8) is 0 Å². The topological polar surface area (TPSA) is 102 Å². The molecule has 10 heteroatoms. The number of aromatic nitrogens is 3. The largest absolute Gasteiger partial charge is 0.492 e. The van der Waals surface area contributed by atoms with Crippen LogP contribution in [0.25, 0.3) is 11.4 Å². The lowest BCUT2D eigenvalue weighted by Gasteiger charge is -2.08. The molecule has 1 amide bonds. The summed E-state index contributed by atoms with van der Waals surface area (Å²) in [4.78, 5) is 19.9. The first-order valence-electron chi connectivity index (χ1n) is 7.98. The van der Waals surface area contributed by atoms with Gasteiger partial charge < -0.3 is 9.26 Å². The molecule has 27 heavy (non-hydrogen) atoms. The fraction of sp³-hybridized carbons (Fsp3) is 0.176. The Labute approximate surface area is 164 Å². The highest BCUT2D eigenvalue weighted by Gasteiger charge is 2.09. The van der Waals surface area contributed by atoms with Crippen molar-refractivity contribution in [2.24, 2.45) is 0 Å². The van der Waals surface area contributed by atoms with Crippen LogP contribution in [0.3, 0.4) is 0 Å². The van der Waals surface area contributed by atoms with Gasteiger partial charge in [-0.2, -0.15) is 4.98 Å². The lowest BCUT2D eigenvalue weighted by atomic mass is 10.3. The SMILES string of the molecule is O=C(CCCOc1ccc(Cl)cc1Cl)NNc1nc(-c2cccnc2)no1. The Hall–Kier alpha value is -2.84. The summed E-state index contributed by atoms with van der Waals surface area (Å²) < 4.78 is 10.5. The summed E-state index contributed by atoms with van der Waals surface area (Å²) in [5.74, 6) is 0.642. The van der Waals surface area contributed by atoms with E-state index in [0.29, 0.717) is 40.2 Å². The third-order valence-corrected chi connectivity index (χ3v) is 3.88. The molecule has 2 N–H and O–H groups in total. The van der Waals surface area contributed by atoms with Crippen LogP contribution in [-0.2, 0) is 4.79 Å². The molecule has 0 fully saturated rings. The quantitative estimate of drug-likeness (QED) is 0.432. The minimum absolute atomic E-state index is 0.0754. The van der Waals surface area contributed by atoms with Gasteiger partial charge in [0.05, 0.1) is 11.6 Å². The van der Waals surface area contributed by atoms with Crippen molar-refractivity contribution in [2.75, 3.05) is 12.0 Å². The number of pyridine rings is 1. The zero-order valence-corrected chi connectivity index (χ0v) is 15.5. The standard InChI is InChI=1S/C17H15Cl2N5O3/c18-12-5-6-14(13(19)9-12)26-8-2-4-15(25)22-23-17-21-16(24-27-17)11-3-1-7-20-10-11/h1,3,5-7,9-10H,2,4,8H2,(H,22,25)(H,21,23,24). The van der Waals surface area contributed by atoms with Crippen molar-refractivity contribution in [1.29, 1.82) is 0 Å². The van der Waals surface area contributed by atoms with E-state index < -0.39 is 0 Å². The first-order chi connectivity index (χ1) is 13.1. The van der Waals surface area contributed by atoms with E-state index in [1.165, 1.54) is 0 Å². The molecule has 0 spiro atoms. The van der Waals surface area contributed by atoms with Gasteiger partial charge in [0.25, 0.3) is 0 Å². The normalized spacial score (nSPS) is 10.4. The van der Waals surface area contributed by atoms with E-state index in [1.807, 2.05) is 0 Å². The molecule has 3 rings (SSSR count). The predicted octanol–water partition coefficient (Wildman–Crippen LogP) is 3.74. The van der Waals surface area contributed by atoms with Crippen LogP contribution in [0.5, 0.6) is 5.75 Å². The lowest BCUT2D eigenvalue weighted by Crippen LogP contribution is -2.29. The highest BCUT2D eigenvalue weighted by molar-refractivity contribution is 6.35. The van der Waals surface area contributed by atoms with Gasteiger partial charge in [-0.3, -0.25) is 15.2 Å². The van der Waals surface area contributed by atoms with Gasteiger partial charge >= 0.3 is 6.01 Å². The van der Waals surface area contributed by atoms with Crippen molar-refractivity contribution in [2.45, 2.75) is 12.8 Å². The molecule has 0 aliphatic rings. The van der Waals surface area contributed by atoms with Gasteiger partial charge in [-0.15, -0.1) is 0 Å². The Balaban J connectivity index is 1.38. The smallest absolute Gasteiger partial charge is 0.340 e. The molecule has 3 aromatic rings. The maximum atomic E-state index is 11.8. The van der Waals surface area contributed by atoms with Crippen LogP contribution in [0.2, 0.25) is 10.0 Å². The minimum atomic E-state index is -0.248. The molecule has 0 saturated carbocycles. The van der Waals surface area contributed by atoms with Crippen molar-refractivity contribution < 1.29 is 14.1 Å². The Morgan fingerprint density at radius 3 is 2.93 bits per heavy atom. The Morgan fingerprint density at radius 1 is 1.26 bits per heavy atom. The van der Waals surface area contributed by atoms with Crippen LogP contribution in [-0.4, -0.2) is 27.6 Å². The van der Waals surface area contributed by atoms with Crippen LogP contribution in [0.4, 0.5) is 6.01 Å². The second-order valence-corrected chi connectivity index (χ2v) is 6.21. The van der Waals surface area contributed by atoms with Gasteiger partial charge in [0.2, 0.25) is 11.7 Å². The molecule has 1 aromatic carbocycles. The molecule has 140 valence electrons. The number of nitrogens with one attached hydrogen (secondary N) is 2. The van der Waals surface area contributed by atoms with Crippen molar-refractivity contribution in [1.82, 2.24) is 20.6 Å². The number of amides is 1. The molecule has 2 heterocycles. The summed E-state index contributed by atoms with van der Waals surface area (Å²) in [5, 5.41) is 4.76. The first kappa shape index (κ1) is 18.9. The highest BCUT2D eigenvalue weighted by atomic mass is 35.5. The van der Waals surface area contributed by atoms with E-state index in [-0.39, 0.29) is 18.3 Å². The molecule has 0 aliphatic carbocycles. The fourth-order valence-corrected chi connectivity index (χ4v) is 2.54. The molecule has 0 atom stereocenters. The Kier molecular flexibility index (Phi) is 6.45. The zero-order valence-electron chi connectivity index (χ0n) is 14.0. The zero-order chi connectivity index (χ0) is 19.1. The average molecular weight is 408 g/mol. The van der Waals surface area contributed by atoms with Crippen LogP contribution in [0.1, 0.15) is 12.8 Å². The molecule has 0 radical (unpaired) electrons. The fourth-order valence-electron chi connectivity index (χ4n) is 2.08. The lowest BCUT2D eigenvalue weighted by molar-refractivity contribution is -0.120. The second-order valence-electron chi connectivity index (χ2n) is 5.36. The average Bonchev–Trinajstić information content (AvgIpc) is 3.15. The molecule has 0 unspecified atom stereocenters. The predicted molar refractivity (Wildman–Crippen MR) is 100 cm³/mol. The number of hydrazine groups is 1. The van der Waals surface area contributed by atoms with Gasteiger partial charge in [-0.05, 0) is 36.8 Å². The molecular formula is C17H15Cl2N5O3. The first-order valence-corrected chi connectivity index (χ1v) is 8.74. The third kappa shape index (κ3) is 5.57. The summed E-state index contributed by atoms with van der Waals surface area (Å²) in [7, 11) is 0. The van der Waals surface area contributed by atoms with Crippen LogP contribution in [0, 0.1) is 0 Å². The number of benzene rings is 1. The van der Waals surface area contributed by atoms with E-state index in [2.05, 4.69) is 26.0 Å². The van der Waals surface area contributed by atoms with Crippen LogP contribution in [0.15, 0.2) is 47.2 Å². The molecule has 0 bridgehead atoms. The molecular weight excluding hydrogens is 393 g/mol. The van der Waals surface area contributed by atoms with E-state index in [9.17, 15) is 4.79 Å². The Morgan fingerprint density at radius 2 is 2.15 bits per heavy atom. The Bertz CT molecular complexity index is 905. The van der Waals surface area contributed by atoms with Crippen molar-refractivity contribution in [3.05, 3.63) is 52.8 Å². The summed E-state index contributed by atoms with van der Waals surface area (Å²) in [6, 6.07) is 8.60. The van der Waals surface area contributed by atoms with Crippen molar-refractivity contribution >= 4 is 35.1 Å². The van der Waals surface area contributed by atoms with Gasteiger partial charge in [0.15, 0.2) is 0 Å². The number of carbonyl (C=O) groups is 1. The molecule has 8 nitrogen and oxygen atoms in total. The van der Waals surface area contributed by atoms with E-state index in [1.54, 1.807) is 42.7 Å². The van der Waals surface area contributed by atoms with Crippen LogP contribution < -0.4 is 15.6 Å². The summed E-state index contributed by atoms with van der Waals surface area (Å²) in [6.07, 6.45) is 3.99. The number of halogens is 2. The highest BCUT2D eigenvalue weighted by Crippen LogP contribution is 2.27. The summed E-state index contributed by atoms with van der Waals surface area (Å²) in [5.41, 5.74) is 5.76. The van der Waals surface area contributed by atoms with E-state index >= 15 is 0 Å². The maximum absolute atomic E-state index is 11.8. The van der Waals surface area contributed by atoms with Gasteiger partial charge in [-0.25, -0.2) is 5.43 Å². The van der Waals surface area contributed by atoms with Crippen molar-refractivity contribution in [3.8, 4) is 17.1 Å². The van der Waals surface area contributed by atoms with E-state index in [4.69, 9.17) is 32.5 Å². The number of rotatable bonds is 8. The third-order valence-electron chi connectivity index (χ3n) is 3.35. The van der Waals surface area contributed by atoms with Crippen LogP contribution >= 0.6 is 23.2 Å². The minimum Gasteiger partial charge on any atom is -0.492 e. The van der Waals surface area contributed by atoms with Gasteiger partial charge in [-0.1, -0.05) is 28.4 Å². The number of anilines is 1. The molecule has 2 aromatic heterocycles. The summed E-state index contributed by atoms with van der Waals surface area (Å²) >= 11 is 11.8. The number of hydrogen-bond acceptors (Lipinski definition) is 7. The second kappa shape index (κ2) is 9.20.